The minimum absolute atomic E-state index is 0.00404. The maximum absolute atomic E-state index is 12.2. The highest BCUT2D eigenvalue weighted by Gasteiger charge is 2.45. The number of benzene rings is 1. The van der Waals surface area contributed by atoms with Crippen LogP contribution in [0.3, 0.4) is 0 Å². The SMILES string of the molecule is CC(C)C1(CNS(=O)(=O)c2ccc(O)c([N+](=O)[O-])c2)CC1. The lowest BCUT2D eigenvalue weighted by Crippen LogP contribution is -2.32. The van der Waals surface area contributed by atoms with Crippen molar-refractivity contribution in [2.45, 2.75) is 31.6 Å². The second-order valence-corrected chi connectivity index (χ2v) is 7.52. The molecule has 2 N–H and O–H groups in total. The lowest BCUT2D eigenvalue weighted by Gasteiger charge is -2.20. The van der Waals surface area contributed by atoms with E-state index in [1.54, 1.807) is 0 Å². The van der Waals surface area contributed by atoms with Crippen LogP contribution in [0.15, 0.2) is 23.1 Å². The zero-order chi connectivity index (χ0) is 15.8. The fourth-order valence-corrected chi connectivity index (χ4v) is 3.42. The van der Waals surface area contributed by atoms with Crippen LogP contribution in [-0.2, 0) is 10.0 Å². The second-order valence-electron chi connectivity index (χ2n) is 5.75. The molecule has 0 bridgehead atoms. The standard InChI is InChI=1S/C13H18N2O5S/c1-9(2)13(5-6-13)8-14-21(19,20)10-3-4-12(16)11(7-10)15(17)18/h3-4,7,9,14,16H,5-6,8H2,1-2H3. The van der Waals surface area contributed by atoms with E-state index in [4.69, 9.17) is 0 Å². The first-order valence-corrected chi connectivity index (χ1v) is 8.13. The van der Waals surface area contributed by atoms with Gasteiger partial charge in [-0.1, -0.05) is 13.8 Å². The van der Waals surface area contributed by atoms with Crippen molar-refractivity contribution in [3.05, 3.63) is 28.3 Å². The average molecular weight is 314 g/mol. The first-order chi connectivity index (χ1) is 9.68. The van der Waals surface area contributed by atoms with E-state index < -0.39 is 26.4 Å². The number of rotatable bonds is 6. The van der Waals surface area contributed by atoms with Gasteiger partial charge in [0.05, 0.1) is 9.82 Å². The van der Waals surface area contributed by atoms with Crippen LogP contribution in [0.4, 0.5) is 5.69 Å². The molecule has 1 aliphatic rings. The van der Waals surface area contributed by atoms with Crippen molar-refractivity contribution in [2.24, 2.45) is 11.3 Å². The van der Waals surface area contributed by atoms with Crippen molar-refractivity contribution in [2.75, 3.05) is 6.54 Å². The summed E-state index contributed by atoms with van der Waals surface area (Å²) >= 11 is 0. The van der Waals surface area contributed by atoms with Gasteiger partial charge in [-0.2, -0.15) is 0 Å². The highest BCUT2D eigenvalue weighted by Crippen LogP contribution is 2.51. The van der Waals surface area contributed by atoms with E-state index in [2.05, 4.69) is 4.72 Å². The van der Waals surface area contributed by atoms with E-state index in [0.717, 1.165) is 31.0 Å². The Morgan fingerprint density at radius 3 is 2.52 bits per heavy atom. The lowest BCUT2D eigenvalue weighted by molar-refractivity contribution is -0.386. The summed E-state index contributed by atoms with van der Waals surface area (Å²) in [4.78, 5) is 9.72. The van der Waals surface area contributed by atoms with Crippen molar-refractivity contribution in [1.82, 2.24) is 4.72 Å². The monoisotopic (exact) mass is 314 g/mol. The molecule has 1 fully saturated rings. The first kappa shape index (κ1) is 15.7. The van der Waals surface area contributed by atoms with Gasteiger partial charge in [0, 0.05) is 12.6 Å². The Balaban J connectivity index is 2.20. The van der Waals surface area contributed by atoms with Gasteiger partial charge >= 0.3 is 5.69 Å². The highest BCUT2D eigenvalue weighted by atomic mass is 32.2. The molecule has 8 heteroatoms. The zero-order valence-electron chi connectivity index (χ0n) is 11.9. The molecule has 0 aliphatic heterocycles. The number of phenolic OH excluding ortho intramolecular Hbond substituents is 1. The number of hydrogen-bond acceptors (Lipinski definition) is 5. The summed E-state index contributed by atoms with van der Waals surface area (Å²) < 4.78 is 26.9. The molecular formula is C13H18N2O5S. The van der Waals surface area contributed by atoms with E-state index >= 15 is 0 Å². The molecule has 1 aliphatic carbocycles. The topological polar surface area (TPSA) is 110 Å². The lowest BCUT2D eigenvalue weighted by atomic mass is 9.93. The van der Waals surface area contributed by atoms with Crippen LogP contribution in [-0.4, -0.2) is 25.0 Å². The molecule has 0 saturated heterocycles. The van der Waals surface area contributed by atoms with Gasteiger partial charge < -0.3 is 5.11 Å². The number of phenols is 1. The minimum Gasteiger partial charge on any atom is -0.502 e. The van der Waals surface area contributed by atoms with Crippen molar-refractivity contribution < 1.29 is 18.4 Å². The molecular weight excluding hydrogens is 296 g/mol. The Bertz CT molecular complexity index is 665. The van der Waals surface area contributed by atoms with Gasteiger partial charge in [-0.15, -0.1) is 0 Å². The maximum atomic E-state index is 12.2. The fourth-order valence-electron chi connectivity index (χ4n) is 2.26. The molecule has 2 rings (SSSR count). The molecule has 0 aromatic heterocycles. The molecule has 1 aromatic carbocycles. The molecule has 0 heterocycles. The minimum atomic E-state index is -3.83. The van der Waals surface area contributed by atoms with Crippen LogP contribution in [0.5, 0.6) is 5.75 Å². The Morgan fingerprint density at radius 1 is 1.43 bits per heavy atom. The number of nitro groups is 1. The first-order valence-electron chi connectivity index (χ1n) is 6.65. The van der Waals surface area contributed by atoms with Gasteiger partial charge in [0.1, 0.15) is 0 Å². The number of nitrogens with zero attached hydrogens (tertiary/aromatic N) is 1. The molecule has 0 unspecified atom stereocenters. The highest BCUT2D eigenvalue weighted by molar-refractivity contribution is 7.89. The van der Waals surface area contributed by atoms with Crippen molar-refractivity contribution in [3.8, 4) is 5.75 Å². The van der Waals surface area contributed by atoms with Crippen LogP contribution in [0.2, 0.25) is 0 Å². The largest absolute Gasteiger partial charge is 0.502 e. The van der Waals surface area contributed by atoms with Crippen LogP contribution >= 0.6 is 0 Å². The van der Waals surface area contributed by atoms with Gasteiger partial charge in [-0.25, -0.2) is 13.1 Å². The third kappa shape index (κ3) is 3.16. The van der Waals surface area contributed by atoms with Gasteiger partial charge in [-0.3, -0.25) is 10.1 Å². The summed E-state index contributed by atoms with van der Waals surface area (Å²) in [6.45, 7) is 4.42. The maximum Gasteiger partial charge on any atom is 0.312 e. The van der Waals surface area contributed by atoms with E-state index in [1.165, 1.54) is 0 Å². The molecule has 1 aromatic rings. The fraction of sp³-hybridized carbons (Fsp3) is 0.538. The third-order valence-electron chi connectivity index (χ3n) is 4.19. The van der Waals surface area contributed by atoms with Gasteiger partial charge in [0.15, 0.2) is 5.75 Å². The van der Waals surface area contributed by atoms with Crippen LogP contribution in [0.25, 0.3) is 0 Å². The van der Waals surface area contributed by atoms with Gasteiger partial charge in [0.2, 0.25) is 10.0 Å². The number of sulfonamides is 1. The summed E-state index contributed by atoms with van der Waals surface area (Å²) in [6.07, 6.45) is 1.95. The average Bonchev–Trinajstić information content (AvgIpc) is 3.17. The molecule has 7 nitrogen and oxygen atoms in total. The molecule has 0 amide bonds. The Labute approximate surface area is 123 Å². The molecule has 0 spiro atoms. The quantitative estimate of drug-likeness (QED) is 0.616. The number of nitro benzene ring substituents is 1. The summed E-state index contributed by atoms with van der Waals surface area (Å²) in [5, 5.41) is 20.1. The van der Waals surface area contributed by atoms with Gasteiger partial charge in [-0.05, 0) is 36.3 Å². The summed E-state index contributed by atoms with van der Waals surface area (Å²) in [6, 6.07) is 3.04. The number of nitrogens with one attached hydrogen (secondary N) is 1. The summed E-state index contributed by atoms with van der Waals surface area (Å²) in [7, 11) is -3.83. The number of hydrogen-bond donors (Lipinski definition) is 2. The molecule has 0 radical (unpaired) electrons. The molecule has 0 atom stereocenters. The third-order valence-corrected chi connectivity index (χ3v) is 5.58. The van der Waals surface area contributed by atoms with Crippen molar-refractivity contribution in [1.29, 1.82) is 0 Å². The van der Waals surface area contributed by atoms with E-state index in [0.29, 0.717) is 12.5 Å². The smallest absolute Gasteiger partial charge is 0.312 e. The molecule has 1 saturated carbocycles. The van der Waals surface area contributed by atoms with Crippen molar-refractivity contribution in [3.63, 3.8) is 0 Å². The van der Waals surface area contributed by atoms with E-state index in [-0.39, 0.29) is 10.3 Å². The number of aromatic hydroxyl groups is 1. The predicted molar refractivity (Wildman–Crippen MR) is 76.5 cm³/mol. The van der Waals surface area contributed by atoms with Crippen LogP contribution < -0.4 is 4.72 Å². The van der Waals surface area contributed by atoms with E-state index in [1.807, 2.05) is 13.8 Å². The molecule has 21 heavy (non-hydrogen) atoms. The van der Waals surface area contributed by atoms with E-state index in [9.17, 15) is 23.6 Å². The Hall–Kier alpha value is -1.67. The second kappa shape index (κ2) is 5.27. The summed E-state index contributed by atoms with van der Waals surface area (Å²) in [5.41, 5.74) is -0.626. The van der Waals surface area contributed by atoms with Crippen LogP contribution in [0.1, 0.15) is 26.7 Å². The molecule has 116 valence electrons. The van der Waals surface area contributed by atoms with Crippen molar-refractivity contribution >= 4 is 15.7 Å². The Morgan fingerprint density at radius 2 is 2.05 bits per heavy atom. The zero-order valence-corrected chi connectivity index (χ0v) is 12.7. The van der Waals surface area contributed by atoms with Gasteiger partial charge in [0.25, 0.3) is 0 Å². The Kier molecular flexibility index (Phi) is 3.94. The van der Waals surface area contributed by atoms with Crippen LogP contribution in [0, 0.1) is 21.4 Å². The normalized spacial score (nSPS) is 16.9. The predicted octanol–water partition coefficient (Wildman–Crippen LogP) is 2.01. The summed E-state index contributed by atoms with van der Waals surface area (Å²) in [5.74, 6) is -0.186.